The van der Waals surface area contributed by atoms with Crippen LogP contribution in [0.25, 0.3) is 0 Å². The maximum atomic E-state index is 12.5. The Morgan fingerprint density at radius 2 is 2.12 bits per heavy atom. The Kier molecular flexibility index (Phi) is 4.05. The quantitative estimate of drug-likeness (QED) is 0.780. The number of amides is 1. The molecule has 0 fully saturated rings. The number of nitrogens with zero attached hydrogens (tertiary/aromatic N) is 2. The van der Waals surface area contributed by atoms with Crippen molar-refractivity contribution >= 4 is 5.91 Å². The van der Waals surface area contributed by atoms with E-state index in [2.05, 4.69) is 14.7 Å². The van der Waals surface area contributed by atoms with E-state index < -0.39 is 30.2 Å². The van der Waals surface area contributed by atoms with E-state index in [1.165, 1.54) is 0 Å². The first-order valence-electron chi connectivity index (χ1n) is 4.73. The van der Waals surface area contributed by atoms with Gasteiger partial charge in [-0.15, -0.1) is 0 Å². The Hall–Kier alpha value is -1.64. The van der Waals surface area contributed by atoms with Crippen molar-refractivity contribution in [3.8, 4) is 0 Å². The second kappa shape index (κ2) is 5.13. The molecule has 0 aliphatic carbocycles. The van der Waals surface area contributed by atoms with Gasteiger partial charge in [-0.2, -0.15) is 18.2 Å². The van der Waals surface area contributed by atoms with Crippen LogP contribution in [0.4, 0.5) is 13.2 Å². The average molecular weight is 252 g/mol. The zero-order valence-electron chi connectivity index (χ0n) is 8.70. The summed E-state index contributed by atoms with van der Waals surface area (Å²) in [7, 11) is 0. The molecule has 1 aromatic heterocycles. The first-order valence-corrected chi connectivity index (χ1v) is 4.73. The summed E-state index contributed by atoms with van der Waals surface area (Å²) in [6.45, 7) is -0.110. The lowest BCUT2D eigenvalue weighted by Gasteiger charge is -2.17. The molecule has 0 saturated carbocycles. The number of nitrogens with two attached hydrogens (primary N) is 2. The van der Waals surface area contributed by atoms with Crippen molar-refractivity contribution in [2.45, 2.75) is 19.0 Å². The summed E-state index contributed by atoms with van der Waals surface area (Å²) in [5.41, 5.74) is 9.93. The van der Waals surface area contributed by atoms with E-state index in [-0.39, 0.29) is 18.9 Å². The number of hydrogen-bond acceptors (Lipinski definition) is 5. The van der Waals surface area contributed by atoms with Crippen LogP contribution in [0, 0.1) is 5.92 Å². The zero-order chi connectivity index (χ0) is 13.1. The minimum Gasteiger partial charge on any atom is -0.363 e. The SMILES string of the molecule is NCCC(Cc1nc(C(N)=O)no1)C(F)(F)F. The van der Waals surface area contributed by atoms with Gasteiger partial charge in [-0.25, -0.2) is 0 Å². The minimum atomic E-state index is -4.40. The van der Waals surface area contributed by atoms with E-state index >= 15 is 0 Å². The number of carbonyl (C=O) groups excluding carboxylic acids is 1. The summed E-state index contributed by atoms with van der Waals surface area (Å²) in [5, 5.41) is 3.15. The molecule has 0 bridgehead atoms. The monoisotopic (exact) mass is 252 g/mol. The van der Waals surface area contributed by atoms with E-state index in [1.807, 2.05) is 0 Å². The molecule has 0 aliphatic rings. The van der Waals surface area contributed by atoms with Crippen LogP contribution in [0.15, 0.2) is 4.52 Å². The fourth-order valence-corrected chi connectivity index (χ4v) is 1.23. The summed E-state index contributed by atoms with van der Waals surface area (Å²) in [5.74, 6) is -3.35. The standard InChI is InChI=1S/C8H11F3N4O2/c9-8(10,11)4(1-2-12)3-5-14-7(6(13)16)15-17-5/h4H,1-3,12H2,(H2,13,16). The smallest absolute Gasteiger partial charge is 0.363 e. The number of hydrogen-bond donors (Lipinski definition) is 2. The highest BCUT2D eigenvalue weighted by Gasteiger charge is 2.40. The van der Waals surface area contributed by atoms with Crippen molar-refractivity contribution in [3.05, 3.63) is 11.7 Å². The van der Waals surface area contributed by atoms with Gasteiger partial charge in [0.25, 0.3) is 11.7 Å². The molecule has 9 heteroatoms. The fourth-order valence-electron chi connectivity index (χ4n) is 1.23. The molecule has 1 aromatic rings. The van der Waals surface area contributed by atoms with Crippen LogP contribution < -0.4 is 11.5 Å². The summed E-state index contributed by atoms with van der Waals surface area (Å²) >= 11 is 0. The average Bonchev–Trinajstić information content (AvgIpc) is 2.64. The van der Waals surface area contributed by atoms with Crippen molar-refractivity contribution in [1.29, 1.82) is 0 Å². The molecule has 17 heavy (non-hydrogen) atoms. The van der Waals surface area contributed by atoms with Crippen LogP contribution in [0.3, 0.4) is 0 Å². The molecule has 1 amide bonds. The van der Waals surface area contributed by atoms with Crippen LogP contribution in [0.1, 0.15) is 22.9 Å². The first kappa shape index (κ1) is 13.4. The van der Waals surface area contributed by atoms with E-state index in [4.69, 9.17) is 11.5 Å². The zero-order valence-corrected chi connectivity index (χ0v) is 8.70. The topological polar surface area (TPSA) is 108 Å². The molecule has 1 rings (SSSR count). The fraction of sp³-hybridized carbons (Fsp3) is 0.625. The van der Waals surface area contributed by atoms with Crippen LogP contribution >= 0.6 is 0 Å². The highest BCUT2D eigenvalue weighted by atomic mass is 19.4. The number of primary amides is 1. The van der Waals surface area contributed by atoms with Crippen molar-refractivity contribution in [2.24, 2.45) is 17.4 Å². The van der Waals surface area contributed by atoms with E-state index in [0.717, 1.165) is 0 Å². The van der Waals surface area contributed by atoms with Gasteiger partial charge in [0, 0.05) is 6.42 Å². The maximum absolute atomic E-state index is 12.5. The molecule has 1 heterocycles. The Morgan fingerprint density at radius 3 is 2.53 bits per heavy atom. The van der Waals surface area contributed by atoms with Gasteiger partial charge in [0.05, 0.1) is 5.92 Å². The van der Waals surface area contributed by atoms with Crippen molar-refractivity contribution in [3.63, 3.8) is 0 Å². The minimum absolute atomic E-state index is 0.110. The van der Waals surface area contributed by atoms with Gasteiger partial charge < -0.3 is 16.0 Å². The predicted octanol–water partition coefficient (Wildman–Crippen LogP) is 0.238. The number of rotatable bonds is 5. The molecule has 6 nitrogen and oxygen atoms in total. The highest BCUT2D eigenvalue weighted by Crippen LogP contribution is 2.30. The van der Waals surface area contributed by atoms with Crippen LogP contribution in [-0.2, 0) is 6.42 Å². The number of carbonyl (C=O) groups is 1. The van der Waals surface area contributed by atoms with Gasteiger partial charge in [0.2, 0.25) is 5.89 Å². The third-order valence-corrected chi connectivity index (χ3v) is 2.09. The molecule has 96 valence electrons. The molecule has 0 aliphatic heterocycles. The van der Waals surface area contributed by atoms with Gasteiger partial charge in [0.15, 0.2) is 0 Å². The normalized spacial score (nSPS) is 13.6. The molecule has 0 saturated heterocycles. The lowest BCUT2D eigenvalue weighted by atomic mass is 10.0. The lowest BCUT2D eigenvalue weighted by molar-refractivity contribution is -0.176. The number of halogens is 3. The Balaban J connectivity index is 2.75. The third kappa shape index (κ3) is 3.70. The number of aromatic nitrogens is 2. The van der Waals surface area contributed by atoms with E-state index in [9.17, 15) is 18.0 Å². The molecular weight excluding hydrogens is 241 g/mol. The third-order valence-electron chi connectivity index (χ3n) is 2.09. The van der Waals surface area contributed by atoms with Crippen molar-refractivity contribution in [2.75, 3.05) is 6.54 Å². The largest absolute Gasteiger partial charge is 0.392 e. The lowest BCUT2D eigenvalue weighted by Crippen LogP contribution is -2.27. The molecule has 0 aromatic carbocycles. The predicted molar refractivity (Wildman–Crippen MR) is 49.7 cm³/mol. The molecular formula is C8H11F3N4O2. The van der Waals surface area contributed by atoms with Gasteiger partial charge in [0.1, 0.15) is 0 Å². The van der Waals surface area contributed by atoms with Gasteiger partial charge in [-0.1, -0.05) is 5.16 Å². The molecule has 1 unspecified atom stereocenters. The van der Waals surface area contributed by atoms with Gasteiger partial charge >= 0.3 is 6.18 Å². The number of alkyl halides is 3. The van der Waals surface area contributed by atoms with E-state index in [0.29, 0.717) is 0 Å². The maximum Gasteiger partial charge on any atom is 0.392 e. The summed E-state index contributed by atoms with van der Waals surface area (Å²) < 4.78 is 42.1. The summed E-state index contributed by atoms with van der Waals surface area (Å²) in [4.78, 5) is 14.1. The Bertz CT molecular complexity index is 390. The van der Waals surface area contributed by atoms with Crippen molar-refractivity contribution in [1.82, 2.24) is 10.1 Å². The van der Waals surface area contributed by atoms with E-state index in [1.54, 1.807) is 0 Å². The molecule has 0 spiro atoms. The molecule has 0 radical (unpaired) electrons. The van der Waals surface area contributed by atoms with Crippen LogP contribution in [0.2, 0.25) is 0 Å². The molecule has 1 atom stereocenters. The second-order valence-corrected chi connectivity index (χ2v) is 3.40. The Morgan fingerprint density at radius 1 is 1.47 bits per heavy atom. The van der Waals surface area contributed by atoms with Crippen molar-refractivity contribution < 1.29 is 22.5 Å². The Labute approximate surface area is 94.1 Å². The summed E-state index contributed by atoms with van der Waals surface area (Å²) in [6, 6.07) is 0. The second-order valence-electron chi connectivity index (χ2n) is 3.40. The first-order chi connectivity index (χ1) is 7.84. The van der Waals surface area contributed by atoms with Gasteiger partial charge in [-0.05, 0) is 13.0 Å². The van der Waals surface area contributed by atoms with Crippen LogP contribution in [0.5, 0.6) is 0 Å². The summed E-state index contributed by atoms with van der Waals surface area (Å²) in [6.07, 6.45) is -5.17. The van der Waals surface area contributed by atoms with Crippen LogP contribution in [-0.4, -0.2) is 28.8 Å². The van der Waals surface area contributed by atoms with Gasteiger partial charge in [-0.3, -0.25) is 4.79 Å². The highest BCUT2D eigenvalue weighted by molar-refractivity contribution is 5.88. The molecule has 4 N–H and O–H groups in total.